The van der Waals surface area contributed by atoms with E-state index >= 15 is 0 Å². The first-order chi connectivity index (χ1) is 4.93. The van der Waals surface area contributed by atoms with Crippen LogP contribution in [0.1, 0.15) is 0 Å². The Bertz CT molecular complexity index is 352. The molecule has 0 aliphatic carbocycles. The van der Waals surface area contributed by atoms with Crippen LogP contribution < -0.4 is 0 Å². The third-order valence-corrected chi connectivity index (χ3v) is 2.68. The van der Waals surface area contributed by atoms with Crippen molar-refractivity contribution in [2.24, 2.45) is 7.05 Å². The molecule has 62 valence electrons. The third kappa shape index (κ3) is 1.56. The minimum Gasteiger partial charge on any atom is -0.234 e. The van der Waals surface area contributed by atoms with E-state index in [2.05, 4.69) is 26.2 Å². The molecule has 0 aromatic carbocycles. The molecule has 5 nitrogen and oxygen atoms in total. The largest absolute Gasteiger partial charge is 0.352 e. The summed E-state index contributed by atoms with van der Waals surface area (Å²) in [5.41, 5.74) is 0. The summed E-state index contributed by atoms with van der Waals surface area (Å²) in [5.74, 6) is 0. The summed E-state index contributed by atoms with van der Waals surface area (Å²) in [5, 5.41) is 6.00. The van der Waals surface area contributed by atoms with Crippen LogP contribution in [0.5, 0.6) is 0 Å². The molecular weight excluding hydrogens is 241 g/mol. The highest BCUT2D eigenvalue weighted by atomic mass is 79.9. The quantitative estimate of drug-likeness (QED) is 0.663. The summed E-state index contributed by atoms with van der Waals surface area (Å²) in [4.78, 5) is 0. The van der Waals surface area contributed by atoms with E-state index in [4.69, 9.17) is 0 Å². The molecule has 11 heavy (non-hydrogen) atoms. The summed E-state index contributed by atoms with van der Waals surface area (Å²) >= 11 is 2.74. The summed E-state index contributed by atoms with van der Waals surface area (Å²) in [7, 11) is -3.45. The number of aryl methyl sites for hydroxylation is 1. The standard InChI is InChI=1S/C3H3BrFN3O2S/c1-8-3(11(5,9)10)2(4)6-7-8/h1H3. The van der Waals surface area contributed by atoms with Gasteiger partial charge in [0, 0.05) is 7.05 Å². The van der Waals surface area contributed by atoms with E-state index in [0.29, 0.717) is 0 Å². The fourth-order valence-corrected chi connectivity index (χ4v) is 2.08. The van der Waals surface area contributed by atoms with Crippen LogP contribution >= 0.6 is 15.9 Å². The molecule has 8 heteroatoms. The van der Waals surface area contributed by atoms with Crippen LogP contribution in [-0.4, -0.2) is 23.4 Å². The van der Waals surface area contributed by atoms with E-state index in [0.717, 1.165) is 4.68 Å². The van der Waals surface area contributed by atoms with Gasteiger partial charge in [0.15, 0.2) is 4.60 Å². The molecule has 0 amide bonds. The van der Waals surface area contributed by atoms with Crippen molar-refractivity contribution in [2.75, 3.05) is 0 Å². The van der Waals surface area contributed by atoms with Gasteiger partial charge in [0.2, 0.25) is 5.03 Å². The number of rotatable bonds is 1. The fourth-order valence-electron chi connectivity index (χ4n) is 0.582. The van der Waals surface area contributed by atoms with Gasteiger partial charge in [0.1, 0.15) is 0 Å². The Kier molecular flexibility index (Phi) is 1.97. The van der Waals surface area contributed by atoms with Crippen LogP contribution in [0, 0.1) is 0 Å². The SMILES string of the molecule is Cn1nnc(Br)c1S(=O)(=O)F. The van der Waals surface area contributed by atoms with E-state index in [-0.39, 0.29) is 4.60 Å². The maximum atomic E-state index is 12.3. The maximum Gasteiger partial charge on any atom is 0.352 e. The molecule has 1 rings (SSSR count). The van der Waals surface area contributed by atoms with Crippen LogP contribution in [0.15, 0.2) is 9.63 Å². The monoisotopic (exact) mass is 243 g/mol. The van der Waals surface area contributed by atoms with Crippen molar-refractivity contribution in [2.45, 2.75) is 5.03 Å². The second-order valence-corrected chi connectivity index (χ2v) is 3.76. The fraction of sp³-hybridized carbons (Fsp3) is 0.333. The average molecular weight is 244 g/mol. The van der Waals surface area contributed by atoms with Gasteiger partial charge >= 0.3 is 10.2 Å². The van der Waals surface area contributed by atoms with Crippen molar-refractivity contribution in [3.05, 3.63) is 4.60 Å². The highest BCUT2D eigenvalue weighted by Crippen LogP contribution is 2.19. The molecule has 0 aliphatic rings. The lowest BCUT2D eigenvalue weighted by Crippen LogP contribution is -2.02. The van der Waals surface area contributed by atoms with E-state index in [9.17, 15) is 12.3 Å². The molecule has 0 unspecified atom stereocenters. The van der Waals surface area contributed by atoms with Crippen LogP contribution in [-0.2, 0) is 17.3 Å². The Balaban J connectivity index is 3.45. The van der Waals surface area contributed by atoms with Crippen molar-refractivity contribution in [3.8, 4) is 0 Å². The van der Waals surface area contributed by atoms with Crippen molar-refractivity contribution < 1.29 is 12.3 Å². The first-order valence-corrected chi connectivity index (χ1v) is 4.60. The topological polar surface area (TPSA) is 64.8 Å². The molecule has 0 fully saturated rings. The molecule has 0 N–H and O–H groups in total. The Morgan fingerprint density at radius 1 is 1.64 bits per heavy atom. The number of nitrogens with zero attached hydrogens (tertiary/aromatic N) is 3. The Labute approximate surface area is 70.5 Å². The normalized spacial score (nSPS) is 11.9. The van der Waals surface area contributed by atoms with Crippen LogP contribution in [0.3, 0.4) is 0 Å². The molecule has 0 spiro atoms. The molecule has 0 aliphatic heterocycles. The van der Waals surface area contributed by atoms with Crippen molar-refractivity contribution >= 4 is 26.2 Å². The second-order valence-electron chi connectivity index (χ2n) is 1.75. The number of aromatic nitrogens is 3. The predicted octanol–water partition coefficient (Wildman–Crippen LogP) is 0.236. The molecule has 0 saturated heterocycles. The van der Waals surface area contributed by atoms with Crippen molar-refractivity contribution in [1.29, 1.82) is 0 Å². The Morgan fingerprint density at radius 2 is 2.18 bits per heavy atom. The highest BCUT2D eigenvalue weighted by molar-refractivity contribution is 9.10. The summed E-state index contributed by atoms with van der Waals surface area (Å²) in [6, 6.07) is 0. The van der Waals surface area contributed by atoms with Gasteiger partial charge in [-0.05, 0) is 15.9 Å². The smallest absolute Gasteiger partial charge is 0.234 e. The van der Waals surface area contributed by atoms with Gasteiger partial charge in [-0.25, -0.2) is 4.68 Å². The van der Waals surface area contributed by atoms with Crippen molar-refractivity contribution in [1.82, 2.24) is 15.0 Å². The molecule has 0 bridgehead atoms. The molecule has 0 saturated carbocycles. The molecule has 1 aromatic heterocycles. The Hall–Kier alpha value is -0.500. The van der Waals surface area contributed by atoms with Gasteiger partial charge in [-0.2, -0.15) is 8.42 Å². The lowest BCUT2D eigenvalue weighted by atomic mass is 10.9. The number of halogens is 2. The number of hydrogen-bond donors (Lipinski definition) is 0. The van der Waals surface area contributed by atoms with Gasteiger partial charge in [0.05, 0.1) is 0 Å². The maximum absolute atomic E-state index is 12.3. The third-order valence-electron chi connectivity index (χ3n) is 0.968. The zero-order valence-electron chi connectivity index (χ0n) is 5.32. The summed E-state index contributed by atoms with van der Waals surface area (Å²) in [6.07, 6.45) is 0. The van der Waals surface area contributed by atoms with E-state index in [1.54, 1.807) is 0 Å². The van der Waals surface area contributed by atoms with E-state index < -0.39 is 15.2 Å². The van der Waals surface area contributed by atoms with Gasteiger partial charge in [-0.3, -0.25) is 0 Å². The lowest BCUT2D eigenvalue weighted by Gasteiger charge is -1.91. The van der Waals surface area contributed by atoms with Crippen LogP contribution in [0.25, 0.3) is 0 Å². The van der Waals surface area contributed by atoms with Crippen molar-refractivity contribution in [3.63, 3.8) is 0 Å². The first-order valence-electron chi connectivity index (χ1n) is 2.43. The minimum atomic E-state index is -4.73. The zero-order chi connectivity index (χ0) is 8.65. The second kappa shape index (κ2) is 2.52. The predicted molar refractivity (Wildman–Crippen MR) is 37.0 cm³/mol. The van der Waals surface area contributed by atoms with Gasteiger partial charge in [-0.15, -0.1) is 5.10 Å². The van der Waals surface area contributed by atoms with Gasteiger partial charge in [0.25, 0.3) is 0 Å². The summed E-state index contributed by atoms with van der Waals surface area (Å²) in [6.45, 7) is 0. The lowest BCUT2D eigenvalue weighted by molar-refractivity contribution is 0.532. The van der Waals surface area contributed by atoms with Gasteiger partial charge < -0.3 is 0 Å². The van der Waals surface area contributed by atoms with E-state index in [1.165, 1.54) is 7.05 Å². The molecule has 1 aromatic rings. The van der Waals surface area contributed by atoms with E-state index in [1.807, 2.05) is 0 Å². The summed E-state index contributed by atoms with van der Waals surface area (Å²) < 4.78 is 33.7. The number of hydrogen-bond acceptors (Lipinski definition) is 4. The molecular formula is C3H3BrFN3O2S. The van der Waals surface area contributed by atoms with Crippen LogP contribution in [0.2, 0.25) is 0 Å². The average Bonchev–Trinajstić information content (AvgIpc) is 2.08. The van der Waals surface area contributed by atoms with Crippen LogP contribution in [0.4, 0.5) is 3.89 Å². The minimum absolute atomic E-state index is 0.123. The molecule has 1 heterocycles. The highest BCUT2D eigenvalue weighted by Gasteiger charge is 2.22. The van der Waals surface area contributed by atoms with Gasteiger partial charge in [-0.1, -0.05) is 9.10 Å². The zero-order valence-corrected chi connectivity index (χ0v) is 7.72. The Morgan fingerprint density at radius 3 is 2.36 bits per heavy atom. The molecule has 0 atom stereocenters. The first kappa shape index (κ1) is 8.60. The molecule has 0 radical (unpaired) electrons.